The third-order valence-corrected chi connectivity index (χ3v) is 8.11. The van der Waals surface area contributed by atoms with Crippen LogP contribution in [0.5, 0.6) is 0 Å². The van der Waals surface area contributed by atoms with E-state index >= 15 is 0 Å². The Morgan fingerprint density at radius 2 is 0.933 bits per heavy atom. The van der Waals surface area contributed by atoms with Crippen LogP contribution in [0.2, 0.25) is 0 Å². The summed E-state index contributed by atoms with van der Waals surface area (Å²) in [5, 5.41) is 3.83. The number of rotatable bonds is 4. The first-order chi connectivity index (χ1) is 28.1. The lowest BCUT2D eigenvalue weighted by Crippen LogP contribution is -1.92. The second kappa shape index (κ2) is 10.4. The Kier molecular flexibility index (Phi) is 3.50. The molecule has 0 N–H and O–H groups in total. The lowest BCUT2D eigenvalue weighted by atomic mass is 9.83. The number of fused-ring (bicyclic) bond motifs is 5. The normalized spacial score (nSPS) is 15.9. The van der Waals surface area contributed by atoms with Gasteiger partial charge in [-0.2, -0.15) is 0 Å². The molecule has 0 amide bonds. The minimum absolute atomic E-state index is 0.0717. The van der Waals surface area contributed by atoms with Gasteiger partial charge in [-0.1, -0.05) is 151 Å². The van der Waals surface area contributed by atoms with Gasteiger partial charge in [0, 0.05) is 10.8 Å². The highest BCUT2D eigenvalue weighted by Gasteiger charge is 2.20. The number of furan rings is 1. The summed E-state index contributed by atoms with van der Waals surface area (Å²) in [4.78, 5) is 0. The van der Waals surface area contributed by atoms with Crippen LogP contribution in [0.4, 0.5) is 0 Å². The van der Waals surface area contributed by atoms with Crippen molar-refractivity contribution in [2.45, 2.75) is 0 Å². The molecule has 9 rings (SSSR count). The van der Waals surface area contributed by atoms with Crippen molar-refractivity contribution in [3.8, 4) is 44.5 Å². The Morgan fingerprint density at radius 1 is 0.378 bits per heavy atom. The van der Waals surface area contributed by atoms with Crippen molar-refractivity contribution < 1.29 is 23.6 Å². The Bertz CT molecular complexity index is 3250. The Morgan fingerprint density at radius 3 is 1.67 bits per heavy atom. The zero-order valence-corrected chi connectivity index (χ0v) is 23.5. The van der Waals surface area contributed by atoms with Crippen LogP contribution >= 0.6 is 0 Å². The lowest BCUT2D eigenvalue weighted by Gasteiger charge is -2.19. The molecule has 0 bridgehead atoms. The molecule has 1 heteroatoms. The summed E-state index contributed by atoms with van der Waals surface area (Å²) >= 11 is 0. The van der Waals surface area contributed by atoms with Crippen molar-refractivity contribution in [3.05, 3.63) is 170 Å². The van der Waals surface area contributed by atoms with E-state index in [0.717, 1.165) is 21.9 Å². The van der Waals surface area contributed by atoms with E-state index in [1.165, 1.54) is 0 Å². The van der Waals surface area contributed by atoms with Gasteiger partial charge in [-0.15, -0.1) is 0 Å². The first-order valence-corrected chi connectivity index (χ1v) is 14.3. The standard InChI is InChI=1S/C44H28O/c1-3-12-29(13-4-1)31-22-24-32(25-23-31)42-34-16-7-8-17-35(34)43(36-27-26-33(28-39(36)42)30-14-5-2-6-15-30)38-19-11-21-41-44(38)37-18-9-10-20-40(37)45-41/h1-28H/i1D,2D,3D,4D,5D,6D,12D,13D,14D,15D,22D,23D,24D,25D. The summed E-state index contributed by atoms with van der Waals surface area (Å²) in [6.07, 6.45) is 0. The molecule has 0 fully saturated rings. The van der Waals surface area contributed by atoms with Gasteiger partial charge in [-0.25, -0.2) is 0 Å². The maximum Gasteiger partial charge on any atom is 0.136 e. The highest BCUT2D eigenvalue weighted by atomic mass is 16.3. The summed E-state index contributed by atoms with van der Waals surface area (Å²) in [5.41, 5.74) is 2.18. The van der Waals surface area contributed by atoms with Crippen molar-refractivity contribution in [2.75, 3.05) is 0 Å². The summed E-state index contributed by atoms with van der Waals surface area (Å²) in [5.74, 6) is 0. The van der Waals surface area contributed by atoms with Crippen LogP contribution < -0.4 is 0 Å². The summed E-state index contributed by atoms with van der Waals surface area (Å²) in [6.45, 7) is 0. The van der Waals surface area contributed by atoms with E-state index in [2.05, 4.69) is 0 Å². The van der Waals surface area contributed by atoms with Crippen molar-refractivity contribution >= 4 is 43.5 Å². The highest BCUT2D eigenvalue weighted by Crippen LogP contribution is 2.47. The highest BCUT2D eigenvalue weighted by molar-refractivity contribution is 6.26. The number of benzene rings is 8. The molecule has 0 unspecified atom stereocenters. The quantitative estimate of drug-likeness (QED) is 0.187. The van der Waals surface area contributed by atoms with E-state index in [9.17, 15) is 5.48 Å². The monoisotopic (exact) mass is 586 g/mol. The fourth-order valence-electron chi connectivity index (χ4n) is 6.21. The smallest absolute Gasteiger partial charge is 0.136 e. The summed E-state index contributed by atoms with van der Waals surface area (Å²) < 4.78 is 128. The summed E-state index contributed by atoms with van der Waals surface area (Å²) in [7, 11) is 0. The molecular formula is C44H28O. The van der Waals surface area contributed by atoms with Gasteiger partial charge in [0.05, 0.1) is 19.2 Å². The Balaban J connectivity index is 1.47. The minimum atomic E-state index is -0.685. The van der Waals surface area contributed by atoms with Gasteiger partial charge >= 0.3 is 0 Å². The third-order valence-electron chi connectivity index (χ3n) is 8.11. The van der Waals surface area contributed by atoms with Crippen molar-refractivity contribution in [1.82, 2.24) is 0 Å². The Hall–Kier alpha value is -5.92. The molecule has 9 aromatic rings. The molecule has 45 heavy (non-hydrogen) atoms. The van der Waals surface area contributed by atoms with Gasteiger partial charge in [-0.05, 0) is 84.3 Å². The largest absolute Gasteiger partial charge is 0.456 e. The maximum absolute atomic E-state index is 9.48. The van der Waals surface area contributed by atoms with E-state index < -0.39 is 95.7 Å². The fraction of sp³-hybridized carbons (Fsp3) is 0. The molecule has 0 aliphatic heterocycles. The molecule has 0 saturated carbocycles. The number of para-hydroxylation sites is 1. The predicted octanol–water partition coefficient (Wildman–Crippen LogP) is 12.6. The van der Waals surface area contributed by atoms with Gasteiger partial charge in [0.15, 0.2) is 0 Å². The first-order valence-electron chi connectivity index (χ1n) is 21.3. The number of hydrogen-bond acceptors (Lipinski definition) is 1. The molecule has 0 aliphatic carbocycles. The zero-order valence-electron chi connectivity index (χ0n) is 37.5. The van der Waals surface area contributed by atoms with Gasteiger partial charge in [-0.3, -0.25) is 0 Å². The van der Waals surface area contributed by atoms with Crippen LogP contribution in [0.3, 0.4) is 0 Å². The second-order valence-electron chi connectivity index (χ2n) is 10.6. The SMILES string of the molecule is [2H]c1c([2H])c([2H])c(-c2ccc3c(-c4cccc5oc6ccccc6c45)c4ccccc4c(-c4c([2H])c([2H])c(-c5c([2H])c([2H])c([2H])c([2H])c5[2H])c([2H])c4[2H])c3c2)c([2H])c1[2H]. The minimum Gasteiger partial charge on any atom is -0.456 e. The molecule has 1 aromatic heterocycles. The van der Waals surface area contributed by atoms with Crippen LogP contribution in [0.1, 0.15) is 19.2 Å². The molecule has 1 heterocycles. The first kappa shape index (κ1) is 15.2. The molecule has 0 spiro atoms. The Labute approximate surface area is 281 Å². The second-order valence-corrected chi connectivity index (χ2v) is 10.6. The molecule has 0 atom stereocenters. The predicted molar refractivity (Wildman–Crippen MR) is 190 cm³/mol. The fourth-order valence-corrected chi connectivity index (χ4v) is 6.21. The van der Waals surface area contributed by atoms with E-state index in [1.807, 2.05) is 54.6 Å². The molecule has 0 radical (unpaired) electrons. The summed E-state index contributed by atoms with van der Waals surface area (Å²) in [6, 6.07) is 17.5. The molecule has 0 aliphatic rings. The van der Waals surface area contributed by atoms with E-state index in [4.69, 9.17) is 18.1 Å². The van der Waals surface area contributed by atoms with E-state index in [-0.39, 0.29) is 22.3 Å². The number of hydrogen-bond donors (Lipinski definition) is 0. The van der Waals surface area contributed by atoms with Crippen LogP contribution in [0.25, 0.3) is 88.0 Å². The van der Waals surface area contributed by atoms with Crippen LogP contribution in [0, 0.1) is 0 Å². The average Bonchev–Trinajstić information content (AvgIpc) is 3.63. The van der Waals surface area contributed by atoms with Gasteiger partial charge in [0.25, 0.3) is 0 Å². The molecule has 8 aromatic carbocycles. The van der Waals surface area contributed by atoms with Crippen molar-refractivity contribution in [3.63, 3.8) is 0 Å². The topological polar surface area (TPSA) is 13.1 Å². The average molecular weight is 587 g/mol. The van der Waals surface area contributed by atoms with Gasteiger partial charge in [0.2, 0.25) is 0 Å². The van der Waals surface area contributed by atoms with Crippen LogP contribution in [-0.4, -0.2) is 0 Å². The maximum atomic E-state index is 9.48. The lowest BCUT2D eigenvalue weighted by molar-refractivity contribution is 0.669. The van der Waals surface area contributed by atoms with Crippen molar-refractivity contribution in [1.29, 1.82) is 0 Å². The van der Waals surface area contributed by atoms with Gasteiger partial charge in [0.1, 0.15) is 11.2 Å². The van der Waals surface area contributed by atoms with Crippen LogP contribution in [0.15, 0.2) is 174 Å². The molecule has 0 saturated heterocycles. The molecule has 1 nitrogen and oxygen atoms in total. The molecular weight excluding hydrogens is 544 g/mol. The van der Waals surface area contributed by atoms with Crippen molar-refractivity contribution in [2.24, 2.45) is 0 Å². The van der Waals surface area contributed by atoms with Gasteiger partial charge < -0.3 is 4.42 Å². The zero-order chi connectivity index (χ0) is 41.9. The van der Waals surface area contributed by atoms with Crippen LogP contribution in [-0.2, 0) is 0 Å². The molecule has 210 valence electrons. The van der Waals surface area contributed by atoms with E-state index in [1.54, 1.807) is 30.3 Å². The van der Waals surface area contributed by atoms with E-state index in [0.29, 0.717) is 32.7 Å². The third kappa shape index (κ3) is 4.17.